The van der Waals surface area contributed by atoms with E-state index in [2.05, 4.69) is 15.5 Å². The number of rotatable bonds is 4. The van der Waals surface area contributed by atoms with E-state index in [0.29, 0.717) is 6.04 Å². The standard InChI is InChI=1S/C10H21N3O/c1-8(10(14)11-2)13(3)7-9-5-4-6-12-9/h8-9,12H,4-7H2,1-3H3,(H,11,14). The summed E-state index contributed by atoms with van der Waals surface area (Å²) in [5, 5.41) is 6.10. The molecule has 1 aliphatic rings. The van der Waals surface area contributed by atoms with Gasteiger partial charge >= 0.3 is 0 Å². The van der Waals surface area contributed by atoms with Gasteiger partial charge in [-0.1, -0.05) is 0 Å². The van der Waals surface area contributed by atoms with Gasteiger partial charge in [0.1, 0.15) is 0 Å². The second kappa shape index (κ2) is 5.32. The summed E-state index contributed by atoms with van der Waals surface area (Å²) in [4.78, 5) is 13.5. The normalized spacial score (nSPS) is 23.9. The largest absolute Gasteiger partial charge is 0.358 e. The molecule has 14 heavy (non-hydrogen) atoms. The van der Waals surface area contributed by atoms with Crippen molar-refractivity contribution >= 4 is 5.91 Å². The number of hydrogen-bond donors (Lipinski definition) is 2. The quantitative estimate of drug-likeness (QED) is 0.659. The molecule has 0 aliphatic carbocycles. The summed E-state index contributed by atoms with van der Waals surface area (Å²) in [6.07, 6.45) is 2.48. The van der Waals surface area contributed by atoms with Crippen molar-refractivity contribution in [2.45, 2.75) is 31.8 Å². The lowest BCUT2D eigenvalue weighted by molar-refractivity contribution is -0.125. The highest BCUT2D eigenvalue weighted by Gasteiger charge is 2.21. The van der Waals surface area contributed by atoms with Crippen LogP contribution >= 0.6 is 0 Å². The lowest BCUT2D eigenvalue weighted by Gasteiger charge is -2.26. The van der Waals surface area contributed by atoms with Crippen molar-refractivity contribution in [1.82, 2.24) is 15.5 Å². The minimum atomic E-state index is -0.0394. The summed E-state index contributed by atoms with van der Waals surface area (Å²) in [7, 11) is 3.68. The summed E-state index contributed by atoms with van der Waals surface area (Å²) >= 11 is 0. The molecule has 2 unspecified atom stereocenters. The summed E-state index contributed by atoms with van der Waals surface area (Å²) in [5.41, 5.74) is 0. The van der Waals surface area contributed by atoms with Crippen LogP contribution in [-0.2, 0) is 4.79 Å². The highest BCUT2D eigenvalue weighted by molar-refractivity contribution is 5.80. The number of carbonyl (C=O) groups is 1. The first-order valence-corrected chi connectivity index (χ1v) is 5.30. The predicted molar refractivity (Wildman–Crippen MR) is 57.2 cm³/mol. The van der Waals surface area contributed by atoms with Crippen LogP contribution in [0, 0.1) is 0 Å². The first-order chi connectivity index (χ1) is 6.65. The maximum atomic E-state index is 11.4. The highest BCUT2D eigenvalue weighted by atomic mass is 16.2. The van der Waals surface area contributed by atoms with Crippen LogP contribution in [0.4, 0.5) is 0 Å². The van der Waals surface area contributed by atoms with Crippen LogP contribution in [0.1, 0.15) is 19.8 Å². The number of hydrogen-bond acceptors (Lipinski definition) is 3. The van der Waals surface area contributed by atoms with Crippen molar-refractivity contribution in [3.05, 3.63) is 0 Å². The molecule has 0 aromatic carbocycles. The molecule has 0 spiro atoms. The summed E-state index contributed by atoms with van der Waals surface area (Å²) in [6.45, 7) is 4.01. The Morgan fingerprint density at radius 2 is 2.43 bits per heavy atom. The Morgan fingerprint density at radius 1 is 1.71 bits per heavy atom. The molecule has 1 amide bonds. The van der Waals surface area contributed by atoms with Crippen LogP contribution in [-0.4, -0.2) is 50.1 Å². The highest BCUT2D eigenvalue weighted by Crippen LogP contribution is 2.07. The van der Waals surface area contributed by atoms with Crippen molar-refractivity contribution < 1.29 is 4.79 Å². The fourth-order valence-corrected chi connectivity index (χ4v) is 1.83. The molecule has 82 valence electrons. The summed E-state index contributed by atoms with van der Waals surface area (Å²) in [5.74, 6) is 0.0884. The van der Waals surface area contributed by atoms with E-state index < -0.39 is 0 Å². The molecule has 4 nitrogen and oxygen atoms in total. The van der Waals surface area contributed by atoms with E-state index in [1.54, 1.807) is 7.05 Å². The van der Waals surface area contributed by atoms with E-state index in [4.69, 9.17) is 0 Å². The van der Waals surface area contributed by atoms with Crippen molar-refractivity contribution in [3.8, 4) is 0 Å². The number of amides is 1. The first-order valence-electron chi connectivity index (χ1n) is 5.30. The summed E-state index contributed by atoms with van der Waals surface area (Å²) < 4.78 is 0. The molecule has 1 heterocycles. The number of likely N-dealkylation sites (N-methyl/N-ethyl adjacent to an activating group) is 2. The smallest absolute Gasteiger partial charge is 0.236 e. The van der Waals surface area contributed by atoms with E-state index in [1.165, 1.54) is 12.8 Å². The van der Waals surface area contributed by atoms with Crippen molar-refractivity contribution in [3.63, 3.8) is 0 Å². The van der Waals surface area contributed by atoms with Gasteiger partial charge in [0, 0.05) is 19.6 Å². The molecular weight excluding hydrogens is 178 g/mol. The molecule has 0 bridgehead atoms. The molecular formula is C10H21N3O. The zero-order valence-corrected chi connectivity index (χ0v) is 9.34. The van der Waals surface area contributed by atoms with Crippen LogP contribution < -0.4 is 10.6 Å². The second-order valence-corrected chi connectivity index (χ2v) is 4.02. The summed E-state index contributed by atoms with van der Waals surface area (Å²) in [6, 6.07) is 0.523. The molecule has 0 saturated carbocycles. The maximum absolute atomic E-state index is 11.4. The number of nitrogens with zero attached hydrogens (tertiary/aromatic N) is 1. The van der Waals surface area contributed by atoms with Crippen molar-refractivity contribution in [1.29, 1.82) is 0 Å². The lowest BCUT2D eigenvalue weighted by atomic mass is 10.2. The zero-order valence-electron chi connectivity index (χ0n) is 9.34. The van der Waals surface area contributed by atoms with E-state index in [9.17, 15) is 4.79 Å². The average Bonchev–Trinajstić information content (AvgIpc) is 2.68. The molecule has 4 heteroatoms. The van der Waals surface area contributed by atoms with Crippen LogP contribution in [0.25, 0.3) is 0 Å². The lowest BCUT2D eigenvalue weighted by Crippen LogP contribution is -2.46. The third-order valence-corrected chi connectivity index (χ3v) is 2.96. The Morgan fingerprint density at radius 3 is 2.93 bits per heavy atom. The van der Waals surface area contributed by atoms with Crippen molar-refractivity contribution in [2.75, 3.05) is 27.2 Å². The van der Waals surface area contributed by atoms with Crippen molar-refractivity contribution in [2.24, 2.45) is 0 Å². The first kappa shape index (κ1) is 11.5. The zero-order chi connectivity index (χ0) is 10.6. The molecule has 1 aliphatic heterocycles. The topological polar surface area (TPSA) is 44.4 Å². The molecule has 1 saturated heterocycles. The number of carbonyl (C=O) groups excluding carboxylic acids is 1. The van der Waals surface area contributed by atoms with Gasteiger partial charge in [0.2, 0.25) is 5.91 Å². The minimum Gasteiger partial charge on any atom is -0.358 e. The molecule has 2 atom stereocenters. The molecule has 0 aromatic rings. The Bertz CT molecular complexity index is 190. The fourth-order valence-electron chi connectivity index (χ4n) is 1.83. The average molecular weight is 199 g/mol. The van der Waals surface area contributed by atoms with Gasteiger partial charge in [-0.3, -0.25) is 9.69 Å². The Kier molecular flexibility index (Phi) is 4.35. The van der Waals surface area contributed by atoms with Gasteiger partial charge in [-0.15, -0.1) is 0 Å². The van der Waals surface area contributed by atoms with E-state index in [1.807, 2.05) is 14.0 Å². The molecule has 0 aromatic heterocycles. The molecule has 0 radical (unpaired) electrons. The van der Waals surface area contributed by atoms with Gasteiger partial charge in [0.15, 0.2) is 0 Å². The van der Waals surface area contributed by atoms with E-state index in [0.717, 1.165) is 13.1 Å². The van der Waals surface area contributed by atoms with Gasteiger partial charge in [0.25, 0.3) is 0 Å². The fraction of sp³-hybridized carbons (Fsp3) is 0.900. The molecule has 2 N–H and O–H groups in total. The maximum Gasteiger partial charge on any atom is 0.236 e. The second-order valence-electron chi connectivity index (χ2n) is 4.02. The van der Waals surface area contributed by atoms with E-state index >= 15 is 0 Å². The molecule has 1 rings (SSSR count). The van der Waals surface area contributed by atoms with Gasteiger partial charge in [0.05, 0.1) is 6.04 Å². The Hall–Kier alpha value is -0.610. The van der Waals surface area contributed by atoms with Crippen LogP contribution in [0.2, 0.25) is 0 Å². The third kappa shape index (κ3) is 2.96. The predicted octanol–water partition coefficient (Wildman–Crippen LogP) is -0.195. The Balaban J connectivity index is 2.32. The van der Waals surface area contributed by atoms with Crippen LogP contribution in [0.3, 0.4) is 0 Å². The van der Waals surface area contributed by atoms with Gasteiger partial charge < -0.3 is 10.6 Å². The van der Waals surface area contributed by atoms with Gasteiger partial charge in [-0.2, -0.15) is 0 Å². The SMILES string of the molecule is CNC(=O)C(C)N(C)CC1CCCN1. The van der Waals surface area contributed by atoms with E-state index in [-0.39, 0.29) is 11.9 Å². The molecule has 1 fully saturated rings. The van der Waals surface area contributed by atoms with Gasteiger partial charge in [-0.25, -0.2) is 0 Å². The monoisotopic (exact) mass is 199 g/mol. The van der Waals surface area contributed by atoms with Crippen LogP contribution in [0.15, 0.2) is 0 Å². The number of nitrogens with one attached hydrogen (secondary N) is 2. The van der Waals surface area contributed by atoms with Crippen LogP contribution in [0.5, 0.6) is 0 Å². The minimum absolute atomic E-state index is 0.0394. The Labute approximate surface area is 86.0 Å². The third-order valence-electron chi connectivity index (χ3n) is 2.96. The van der Waals surface area contributed by atoms with Gasteiger partial charge in [-0.05, 0) is 33.4 Å².